The van der Waals surface area contributed by atoms with Crippen molar-refractivity contribution in [3.05, 3.63) is 60.8 Å². The van der Waals surface area contributed by atoms with Crippen molar-refractivity contribution < 1.29 is 49.0 Å². The van der Waals surface area contributed by atoms with Gasteiger partial charge in [0, 0.05) is 12.8 Å². The van der Waals surface area contributed by atoms with Crippen molar-refractivity contribution in [3.63, 3.8) is 0 Å². The molecule has 0 bridgehead atoms. The molecular weight excluding hydrogens is 761 g/mol. The Morgan fingerprint density at radius 1 is 0.533 bits per heavy atom. The van der Waals surface area contributed by atoms with Crippen molar-refractivity contribution >= 4 is 11.9 Å². The van der Waals surface area contributed by atoms with Gasteiger partial charge >= 0.3 is 11.9 Å². The molecule has 1 saturated heterocycles. The lowest BCUT2D eigenvalue weighted by atomic mass is 9.99. The minimum Gasteiger partial charge on any atom is -0.462 e. The van der Waals surface area contributed by atoms with Crippen molar-refractivity contribution in [1.82, 2.24) is 0 Å². The number of rotatable bonds is 39. The molecule has 0 aromatic heterocycles. The van der Waals surface area contributed by atoms with Gasteiger partial charge in [0.15, 0.2) is 12.4 Å². The summed E-state index contributed by atoms with van der Waals surface area (Å²) in [5.74, 6) is -0.872. The van der Waals surface area contributed by atoms with Crippen molar-refractivity contribution in [2.75, 3.05) is 19.8 Å². The first kappa shape index (κ1) is 55.4. The summed E-state index contributed by atoms with van der Waals surface area (Å²) < 4.78 is 22.1. The lowest BCUT2D eigenvalue weighted by Gasteiger charge is -2.39. The zero-order chi connectivity index (χ0) is 43.7. The van der Waals surface area contributed by atoms with Crippen LogP contribution in [0.3, 0.4) is 0 Å². The topological polar surface area (TPSA) is 152 Å². The van der Waals surface area contributed by atoms with E-state index in [0.717, 1.165) is 51.4 Å². The van der Waals surface area contributed by atoms with Gasteiger partial charge in [-0.05, 0) is 51.4 Å². The highest BCUT2D eigenvalue weighted by Gasteiger charge is 2.44. The SMILES string of the molecule is CC/C=C\C/C=C\C/C=C\C/C=C\C/C=C\CCCC(=O)OC(COC(=O)CCCCCCCCCCCCCCCCCCCC)COC1OC(CO)C(O)C(O)C1O. The summed E-state index contributed by atoms with van der Waals surface area (Å²) >= 11 is 0. The number of hydrogen-bond acceptors (Lipinski definition) is 10. The molecule has 0 radical (unpaired) electrons. The highest BCUT2D eigenvalue weighted by Crippen LogP contribution is 2.23. The molecule has 6 atom stereocenters. The fourth-order valence-corrected chi connectivity index (χ4v) is 6.93. The van der Waals surface area contributed by atoms with Crippen molar-refractivity contribution in [3.8, 4) is 0 Å². The van der Waals surface area contributed by atoms with E-state index in [2.05, 4.69) is 68.5 Å². The monoisotopic (exact) mass is 847 g/mol. The normalized spacial score (nSPS) is 20.4. The van der Waals surface area contributed by atoms with E-state index >= 15 is 0 Å². The second-order valence-corrected chi connectivity index (χ2v) is 16.2. The molecule has 0 aliphatic carbocycles. The lowest BCUT2D eigenvalue weighted by Crippen LogP contribution is -2.59. The predicted octanol–water partition coefficient (Wildman–Crippen LogP) is 10.6. The number of carbonyl (C=O) groups is 2. The van der Waals surface area contributed by atoms with E-state index < -0.39 is 55.4 Å². The minimum atomic E-state index is -1.61. The molecule has 1 heterocycles. The van der Waals surface area contributed by atoms with E-state index in [-0.39, 0.29) is 26.1 Å². The number of carbonyl (C=O) groups excluding carboxylic acids is 2. The highest BCUT2D eigenvalue weighted by atomic mass is 16.7. The van der Waals surface area contributed by atoms with Crippen molar-refractivity contribution in [1.29, 1.82) is 0 Å². The molecule has 1 aliphatic rings. The molecule has 1 fully saturated rings. The van der Waals surface area contributed by atoms with E-state index in [1.807, 2.05) is 6.08 Å². The summed E-state index contributed by atoms with van der Waals surface area (Å²) in [6.45, 7) is 3.26. The van der Waals surface area contributed by atoms with Crippen LogP contribution in [-0.4, -0.2) is 89.0 Å². The molecule has 10 heteroatoms. The number of esters is 2. The van der Waals surface area contributed by atoms with Crippen LogP contribution in [-0.2, 0) is 28.5 Å². The van der Waals surface area contributed by atoms with Crippen molar-refractivity contribution in [2.45, 2.75) is 224 Å². The van der Waals surface area contributed by atoms with Gasteiger partial charge in [-0.1, -0.05) is 184 Å². The van der Waals surface area contributed by atoms with Gasteiger partial charge < -0.3 is 39.4 Å². The molecule has 0 spiro atoms. The number of unbranched alkanes of at least 4 members (excludes halogenated alkanes) is 18. The first-order valence-electron chi connectivity index (χ1n) is 23.9. The second-order valence-electron chi connectivity index (χ2n) is 16.2. The molecule has 346 valence electrons. The van der Waals surface area contributed by atoms with Crippen molar-refractivity contribution in [2.24, 2.45) is 0 Å². The quantitative estimate of drug-likeness (QED) is 0.0267. The summed E-state index contributed by atoms with van der Waals surface area (Å²) in [6.07, 6.45) is 42.3. The van der Waals surface area contributed by atoms with Crippen LogP contribution in [0.25, 0.3) is 0 Å². The number of aliphatic hydroxyl groups excluding tert-OH is 4. The maximum Gasteiger partial charge on any atom is 0.306 e. The van der Waals surface area contributed by atoms with E-state index in [1.54, 1.807) is 0 Å². The molecule has 0 aromatic carbocycles. The Kier molecular flexibility index (Phi) is 37.4. The zero-order valence-corrected chi connectivity index (χ0v) is 37.7. The van der Waals surface area contributed by atoms with Crippen LogP contribution in [0.2, 0.25) is 0 Å². The van der Waals surface area contributed by atoms with Crippen LogP contribution in [0, 0.1) is 0 Å². The summed E-state index contributed by atoms with van der Waals surface area (Å²) in [5, 5.41) is 40.1. The third-order valence-electron chi connectivity index (χ3n) is 10.7. The summed E-state index contributed by atoms with van der Waals surface area (Å²) in [6, 6.07) is 0. The minimum absolute atomic E-state index is 0.151. The molecule has 1 rings (SSSR count). The predicted molar refractivity (Wildman–Crippen MR) is 242 cm³/mol. The van der Waals surface area contributed by atoms with Gasteiger partial charge in [0.1, 0.15) is 31.0 Å². The average Bonchev–Trinajstić information content (AvgIpc) is 3.25. The lowest BCUT2D eigenvalue weighted by molar-refractivity contribution is -0.305. The van der Waals surface area contributed by atoms with Crippen LogP contribution in [0.4, 0.5) is 0 Å². The Balaban J connectivity index is 2.34. The fourth-order valence-electron chi connectivity index (χ4n) is 6.93. The van der Waals surface area contributed by atoms with Gasteiger partial charge in [-0.3, -0.25) is 9.59 Å². The van der Waals surface area contributed by atoms with E-state index in [4.69, 9.17) is 18.9 Å². The number of allylic oxidation sites excluding steroid dienone is 10. The molecule has 6 unspecified atom stereocenters. The van der Waals surface area contributed by atoms with E-state index in [9.17, 15) is 30.0 Å². The van der Waals surface area contributed by atoms with E-state index in [0.29, 0.717) is 12.8 Å². The summed E-state index contributed by atoms with van der Waals surface area (Å²) in [7, 11) is 0. The summed E-state index contributed by atoms with van der Waals surface area (Å²) in [4.78, 5) is 25.4. The Morgan fingerprint density at radius 2 is 0.983 bits per heavy atom. The molecule has 0 aromatic rings. The summed E-state index contributed by atoms with van der Waals surface area (Å²) in [5.41, 5.74) is 0. The average molecular weight is 847 g/mol. The smallest absolute Gasteiger partial charge is 0.306 e. The number of aliphatic hydroxyl groups is 4. The largest absolute Gasteiger partial charge is 0.462 e. The Morgan fingerprint density at radius 3 is 1.47 bits per heavy atom. The molecule has 1 aliphatic heterocycles. The van der Waals surface area contributed by atoms with Crippen LogP contribution < -0.4 is 0 Å². The Labute approximate surface area is 364 Å². The van der Waals surface area contributed by atoms with Gasteiger partial charge in [-0.15, -0.1) is 0 Å². The maximum atomic E-state index is 12.8. The maximum absolute atomic E-state index is 12.8. The highest BCUT2D eigenvalue weighted by molar-refractivity contribution is 5.70. The van der Waals surface area contributed by atoms with E-state index in [1.165, 1.54) is 96.3 Å². The molecule has 10 nitrogen and oxygen atoms in total. The van der Waals surface area contributed by atoms with Gasteiger partial charge in [-0.2, -0.15) is 0 Å². The van der Waals surface area contributed by atoms with Crippen LogP contribution in [0.15, 0.2) is 60.8 Å². The van der Waals surface area contributed by atoms with Gasteiger partial charge in [0.05, 0.1) is 13.2 Å². The first-order chi connectivity index (χ1) is 29.3. The van der Waals surface area contributed by atoms with Crippen LogP contribution >= 0.6 is 0 Å². The molecule has 0 saturated carbocycles. The fraction of sp³-hybridized carbons (Fsp3) is 0.760. The van der Waals surface area contributed by atoms with Gasteiger partial charge in [0.2, 0.25) is 0 Å². The van der Waals surface area contributed by atoms with Gasteiger partial charge in [-0.25, -0.2) is 0 Å². The van der Waals surface area contributed by atoms with Crippen LogP contribution in [0.1, 0.15) is 187 Å². The standard InChI is InChI=1S/C50H86O10/c1-3-5-7-9-11-13-15-17-19-21-23-24-26-28-30-32-34-36-38-45(52)57-41-43(42-58-50-49(56)48(55)47(54)44(40-51)60-50)59-46(53)39-37-35-33-31-29-27-25-22-20-18-16-14-12-10-8-6-4-2/h6,8,12,14,18,20,25,27,31,33,43-44,47-51,54-56H,3-5,7,9-11,13,15-17,19,21-24,26,28-30,32,34-42H2,1-2H3/b8-6-,14-12-,20-18-,27-25-,33-31-. The molecule has 0 amide bonds. The first-order valence-corrected chi connectivity index (χ1v) is 23.9. The van der Waals surface area contributed by atoms with Crippen LogP contribution in [0.5, 0.6) is 0 Å². The molecule has 60 heavy (non-hydrogen) atoms. The molecule has 4 N–H and O–H groups in total. The Hall–Kier alpha value is -2.60. The molecular formula is C50H86O10. The van der Waals surface area contributed by atoms with Gasteiger partial charge in [0.25, 0.3) is 0 Å². The third-order valence-corrected chi connectivity index (χ3v) is 10.7. The zero-order valence-electron chi connectivity index (χ0n) is 37.7. The third kappa shape index (κ3) is 31.3. The Bertz CT molecular complexity index is 1160. The number of ether oxygens (including phenoxy) is 4. The second kappa shape index (κ2) is 40.5. The number of hydrogen-bond donors (Lipinski definition) is 4.